The quantitative estimate of drug-likeness (QED) is 0.804. The number of fused-ring (bicyclic) bond motifs is 2. The van der Waals surface area contributed by atoms with Gasteiger partial charge in [-0.1, -0.05) is 29.8 Å². The fraction of sp³-hybridized carbons (Fsp3) is 0.364. The summed E-state index contributed by atoms with van der Waals surface area (Å²) >= 11 is 0. The highest BCUT2D eigenvalue weighted by atomic mass is 16.7. The lowest BCUT2D eigenvalue weighted by Crippen LogP contribution is -2.53. The topological polar surface area (TPSA) is 62.3 Å². The molecule has 2 saturated heterocycles. The summed E-state index contributed by atoms with van der Waals surface area (Å²) in [5.74, 6) is 1.24. The minimum atomic E-state index is -0.0348. The van der Waals surface area contributed by atoms with Crippen LogP contribution in [0.1, 0.15) is 21.5 Å². The molecule has 3 aliphatic rings. The van der Waals surface area contributed by atoms with Crippen molar-refractivity contribution in [2.24, 2.45) is 0 Å². The van der Waals surface area contributed by atoms with Crippen LogP contribution in [0.15, 0.2) is 42.5 Å². The van der Waals surface area contributed by atoms with Crippen molar-refractivity contribution in [3.05, 3.63) is 59.2 Å². The van der Waals surface area contributed by atoms with Crippen LogP contribution in [0.3, 0.4) is 0 Å². The highest BCUT2D eigenvalue weighted by molar-refractivity contribution is 5.95. The van der Waals surface area contributed by atoms with Crippen molar-refractivity contribution in [2.45, 2.75) is 19.5 Å². The number of hydrogen-bond acceptors (Lipinski definition) is 4. The predicted octanol–water partition coefficient (Wildman–Crippen LogP) is 2.49. The maximum absolute atomic E-state index is 13.0. The van der Waals surface area contributed by atoms with Crippen molar-refractivity contribution >= 4 is 11.9 Å². The van der Waals surface area contributed by atoms with Gasteiger partial charge in [0.2, 0.25) is 6.79 Å². The summed E-state index contributed by atoms with van der Waals surface area (Å²) in [6, 6.07) is 13.6. The molecule has 3 aliphatic heterocycles. The fourth-order valence-corrected chi connectivity index (χ4v) is 4.22. The molecule has 0 saturated carbocycles. The van der Waals surface area contributed by atoms with E-state index in [0.29, 0.717) is 49.8 Å². The van der Waals surface area contributed by atoms with Crippen LogP contribution in [0.2, 0.25) is 0 Å². The number of carbonyl (C=O) groups excluding carboxylic acids is 2. The fourth-order valence-electron chi connectivity index (χ4n) is 4.22. The highest BCUT2D eigenvalue weighted by Gasteiger charge is 2.41. The monoisotopic (exact) mass is 393 g/mol. The number of ether oxygens (including phenoxy) is 2. The van der Waals surface area contributed by atoms with Gasteiger partial charge in [0.25, 0.3) is 5.91 Å². The van der Waals surface area contributed by atoms with Crippen molar-refractivity contribution in [3.63, 3.8) is 0 Å². The normalized spacial score (nSPS) is 20.2. The molecule has 0 unspecified atom stereocenters. The van der Waals surface area contributed by atoms with Crippen LogP contribution in [-0.4, -0.2) is 65.7 Å². The van der Waals surface area contributed by atoms with Crippen LogP contribution >= 0.6 is 0 Å². The first kappa shape index (κ1) is 17.8. The molecule has 3 amide bonds. The van der Waals surface area contributed by atoms with E-state index in [-0.39, 0.29) is 24.8 Å². The second kappa shape index (κ2) is 6.99. The summed E-state index contributed by atoms with van der Waals surface area (Å²) in [7, 11) is 0. The summed E-state index contributed by atoms with van der Waals surface area (Å²) < 4.78 is 10.7. The molecule has 0 radical (unpaired) electrons. The molecular weight excluding hydrogens is 370 g/mol. The van der Waals surface area contributed by atoms with Gasteiger partial charge in [-0.25, -0.2) is 4.79 Å². The van der Waals surface area contributed by atoms with Crippen molar-refractivity contribution in [2.75, 3.05) is 33.0 Å². The van der Waals surface area contributed by atoms with Crippen molar-refractivity contribution < 1.29 is 19.1 Å². The molecule has 3 heterocycles. The number of urea groups is 1. The molecule has 0 bridgehead atoms. The molecule has 0 spiro atoms. The van der Waals surface area contributed by atoms with Gasteiger partial charge >= 0.3 is 6.03 Å². The van der Waals surface area contributed by atoms with Gasteiger partial charge in [-0.2, -0.15) is 0 Å². The number of hydrogen-bond donors (Lipinski definition) is 0. The first-order chi connectivity index (χ1) is 14.1. The lowest BCUT2D eigenvalue weighted by atomic mass is 10.1. The standard InChI is InChI=1S/C22H23N3O4/c1-15-2-4-16(5-3-15)11-24-13-18-12-23(8-9-25(18)22(24)27)21(26)17-6-7-19-20(10-17)29-14-28-19/h2-7,10,18H,8-9,11-14H2,1H3/t18-/m1/s1. The van der Waals surface area contributed by atoms with Gasteiger partial charge in [0.1, 0.15) is 0 Å². The number of nitrogens with zero attached hydrogens (tertiary/aromatic N) is 3. The Morgan fingerprint density at radius 2 is 1.83 bits per heavy atom. The molecule has 7 heteroatoms. The minimum Gasteiger partial charge on any atom is -0.454 e. The van der Waals surface area contributed by atoms with Crippen LogP contribution in [0.5, 0.6) is 11.5 Å². The zero-order chi connectivity index (χ0) is 20.0. The number of carbonyl (C=O) groups is 2. The molecule has 150 valence electrons. The Kier molecular flexibility index (Phi) is 4.30. The molecule has 2 aromatic rings. The maximum atomic E-state index is 13.0. The number of amides is 3. The second-order valence-corrected chi connectivity index (χ2v) is 7.82. The number of benzene rings is 2. The Morgan fingerprint density at radius 1 is 1.03 bits per heavy atom. The predicted molar refractivity (Wildman–Crippen MR) is 106 cm³/mol. The average Bonchev–Trinajstić information content (AvgIpc) is 3.33. The van der Waals surface area contributed by atoms with Crippen LogP contribution in [0.25, 0.3) is 0 Å². The summed E-state index contributed by atoms with van der Waals surface area (Å²) in [6.07, 6.45) is 0. The summed E-state index contributed by atoms with van der Waals surface area (Å²) in [5, 5.41) is 0. The van der Waals surface area contributed by atoms with Gasteiger partial charge in [-0.05, 0) is 30.7 Å². The van der Waals surface area contributed by atoms with E-state index in [1.54, 1.807) is 18.2 Å². The Morgan fingerprint density at radius 3 is 2.66 bits per heavy atom. The second-order valence-electron chi connectivity index (χ2n) is 7.82. The zero-order valence-corrected chi connectivity index (χ0v) is 16.3. The van der Waals surface area contributed by atoms with E-state index < -0.39 is 0 Å². The Balaban J connectivity index is 1.26. The van der Waals surface area contributed by atoms with E-state index in [1.165, 1.54) is 5.56 Å². The minimum absolute atomic E-state index is 0.0275. The molecule has 0 N–H and O–H groups in total. The lowest BCUT2D eigenvalue weighted by Gasteiger charge is -2.36. The average molecular weight is 393 g/mol. The van der Waals surface area contributed by atoms with E-state index in [9.17, 15) is 9.59 Å². The van der Waals surface area contributed by atoms with E-state index in [4.69, 9.17) is 9.47 Å². The van der Waals surface area contributed by atoms with Gasteiger partial charge in [-0.15, -0.1) is 0 Å². The Bertz CT molecular complexity index is 959. The smallest absolute Gasteiger partial charge is 0.320 e. The largest absolute Gasteiger partial charge is 0.454 e. The molecule has 2 aromatic carbocycles. The SMILES string of the molecule is Cc1ccc(CN2C[C@H]3CN(C(=O)c4ccc5c(c4)OCO5)CCN3C2=O)cc1. The van der Waals surface area contributed by atoms with E-state index in [1.807, 2.05) is 14.7 Å². The summed E-state index contributed by atoms with van der Waals surface area (Å²) in [4.78, 5) is 31.4. The van der Waals surface area contributed by atoms with Gasteiger partial charge in [0.05, 0.1) is 6.04 Å². The van der Waals surface area contributed by atoms with Crippen LogP contribution in [0.4, 0.5) is 4.79 Å². The zero-order valence-electron chi connectivity index (χ0n) is 16.3. The molecule has 0 aliphatic carbocycles. The van der Waals surface area contributed by atoms with Crippen LogP contribution in [0, 0.1) is 6.92 Å². The maximum Gasteiger partial charge on any atom is 0.320 e. The van der Waals surface area contributed by atoms with Crippen LogP contribution < -0.4 is 9.47 Å². The van der Waals surface area contributed by atoms with E-state index >= 15 is 0 Å². The van der Waals surface area contributed by atoms with Crippen molar-refractivity contribution in [1.29, 1.82) is 0 Å². The van der Waals surface area contributed by atoms with E-state index in [2.05, 4.69) is 31.2 Å². The first-order valence-electron chi connectivity index (χ1n) is 9.88. The van der Waals surface area contributed by atoms with Crippen molar-refractivity contribution in [3.8, 4) is 11.5 Å². The van der Waals surface area contributed by atoms with Gasteiger partial charge < -0.3 is 24.2 Å². The third kappa shape index (κ3) is 3.26. The van der Waals surface area contributed by atoms with Gasteiger partial charge in [0.15, 0.2) is 11.5 Å². The number of aryl methyl sites for hydroxylation is 1. The first-order valence-corrected chi connectivity index (χ1v) is 9.88. The lowest BCUT2D eigenvalue weighted by molar-refractivity contribution is 0.0616. The molecule has 5 rings (SSSR count). The highest BCUT2D eigenvalue weighted by Crippen LogP contribution is 2.33. The summed E-state index contributed by atoms with van der Waals surface area (Å²) in [6.45, 7) is 5.12. The number of piperazine rings is 1. The molecule has 0 aromatic heterocycles. The van der Waals surface area contributed by atoms with Crippen LogP contribution in [-0.2, 0) is 6.54 Å². The molecular formula is C22H23N3O4. The van der Waals surface area contributed by atoms with Crippen molar-refractivity contribution in [1.82, 2.24) is 14.7 Å². The number of rotatable bonds is 3. The molecule has 2 fully saturated rings. The Hall–Kier alpha value is -3.22. The van der Waals surface area contributed by atoms with Gasteiger partial charge in [-0.3, -0.25) is 4.79 Å². The van der Waals surface area contributed by atoms with E-state index in [0.717, 1.165) is 5.56 Å². The third-order valence-electron chi connectivity index (χ3n) is 5.83. The third-order valence-corrected chi connectivity index (χ3v) is 5.83. The molecule has 29 heavy (non-hydrogen) atoms. The Labute approximate surface area is 169 Å². The summed E-state index contributed by atoms with van der Waals surface area (Å²) in [5.41, 5.74) is 2.91. The molecule has 1 atom stereocenters. The molecule has 7 nitrogen and oxygen atoms in total. The van der Waals surface area contributed by atoms with Gasteiger partial charge in [0, 0.05) is 38.3 Å².